The summed E-state index contributed by atoms with van der Waals surface area (Å²) in [5.74, 6) is -4.58. The molecule has 6 unspecified atom stereocenters. The Morgan fingerprint density at radius 3 is 1.20 bits per heavy atom. The average molecular weight is 935 g/mol. The normalized spacial score (nSPS) is 21.1. The molecule has 2 saturated carbocycles. The minimum absolute atomic E-state index is 0.0628. The van der Waals surface area contributed by atoms with Gasteiger partial charge in [-0.2, -0.15) is 79.0 Å². The van der Waals surface area contributed by atoms with Crippen LogP contribution in [0.4, 0.5) is 79.0 Å². The van der Waals surface area contributed by atoms with Crippen LogP contribution >= 0.6 is 0 Å². The van der Waals surface area contributed by atoms with Crippen molar-refractivity contribution in [2.45, 2.75) is 138 Å². The first-order valence-electron chi connectivity index (χ1n) is 17.0. The van der Waals surface area contributed by atoms with Crippen molar-refractivity contribution in [1.29, 1.82) is 0 Å². The van der Waals surface area contributed by atoms with Crippen molar-refractivity contribution in [2.24, 2.45) is 17.8 Å². The third-order valence-electron chi connectivity index (χ3n) is 9.22. The fourth-order valence-electron chi connectivity index (χ4n) is 5.98. The number of rotatable bonds is 12. The molecular weight excluding hydrogens is 894 g/mol. The van der Waals surface area contributed by atoms with Gasteiger partial charge in [-0.25, -0.2) is 14.4 Å². The molecule has 2 aliphatic carbocycles. The van der Waals surface area contributed by atoms with Gasteiger partial charge in [-0.1, -0.05) is 19.7 Å². The van der Waals surface area contributed by atoms with Crippen LogP contribution in [0.25, 0.3) is 0 Å². The van der Waals surface area contributed by atoms with E-state index in [1.165, 1.54) is 13.8 Å². The van der Waals surface area contributed by atoms with Crippen molar-refractivity contribution >= 4 is 17.9 Å². The molecule has 2 bridgehead atoms. The van der Waals surface area contributed by atoms with Crippen LogP contribution in [0.5, 0.6) is 0 Å². The van der Waals surface area contributed by atoms with E-state index in [0.717, 1.165) is 13.8 Å². The molecule has 61 heavy (non-hydrogen) atoms. The third kappa shape index (κ3) is 14.4. The van der Waals surface area contributed by atoms with E-state index in [-0.39, 0.29) is 29.9 Å². The van der Waals surface area contributed by atoms with E-state index < -0.39 is 121 Å². The van der Waals surface area contributed by atoms with Crippen molar-refractivity contribution in [1.82, 2.24) is 0 Å². The molecule has 0 radical (unpaired) electrons. The second-order valence-corrected chi connectivity index (χ2v) is 14.3. The highest BCUT2D eigenvalue weighted by atomic mass is 19.4. The van der Waals surface area contributed by atoms with E-state index in [4.69, 9.17) is 14.9 Å². The van der Waals surface area contributed by atoms with Crippen LogP contribution in [0.15, 0.2) is 37.0 Å². The quantitative estimate of drug-likeness (QED) is 0.0759. The Morgan fingerprint density at radius 2 is 0.918 bits per heavy atom. The first kappa shape index (κ1) is 57.2. The van der Waals surface area contributed by atoms with Gasteiger partial charge in [0.05, 0.1) is 0 Å². The summed E-state index contributed by atoms with van der Waals surface area (Å²) in [5, 5.41) is 26.9. The zero-order chi connectivity index (χ0) is 48.9. The van der Waals surface area contributed by atoms with Gasteiger partial charge in [0.1, 0.15) is 18.3 Å². The van der Waals surface area contributed by atoms with Gasteiger partial charge in [0, 0.05) is 30.1 Å². The highest BCUT2D eigenvalue weighted by Crippen LogP contribution is 2.56. The van der Waals surface area contributed by atoms with Crippen LogP contribution in [0, 0.1) is 17.8 Å². The maximum absolute atomic E-state index is 12.8. The summed E-state index contributed by atoms with van der Waals surface area (Å²) >= 11 is 0. The van der Waals surface area contributed by atoms with Crippen molar-refractivity contribution in [3.05, 3.63) is 37.0 Å². The Hall–Kier alpha value is -3.75. The van der Waals surface area contributed by atoms with E-state index in [2.05, 4.69) is 29.2 Å². The van der Waals surface area contributed by atoms with Gasteiger partial charge in [0.25, 0.3) is 16.8 Å². The molecule has 0 aromatic rings. The molecule has 2 rings (SSSR count). The van der Waals surface area contributed by atoms with Gasteiger partial charge < -0.3 is 29.5 Å². The van der Waals surface area contributed by atoms with Crippen LogP contribution in [0.1, 0.15) is 66.2 Å². The lowest BCUT2D eigenvalue weighted by atomic mass is 9.79. The Morgan fingerprint density at radius 1 is 0.574 bits per heavy atom. The van der Waals surface area contributed by atoms with Gasteiger partial charge in [0.15, 0.2) is 0 Å². The number of halogens is 18. The summed E-state index contributed by atoms with van der Waals surface area (Å²) in [4.78, 5) is 33.1. The molecule has 9 nitrogen and oxygen atoms in total. The molecule has 0 amide bonds. The topological polar surface area (TPSA) is 140 Å². The highest BCUT2D eigenvalue weighted by Gasteiger charge is 2.73. The molecule has 356 valence electrons. The molecule has 6 atom stereocenters. The number of esters is 3. The molecule has 2 fully saturated rings. The summed E-state index contributed by atoms with van der Waals surface area (Å²) in [6.07, 6.45) is -43.3. The lowest BCUT2D eigenvalue weighted by Gasteiger charge is -2.37. The van der Waals surface area contributed by atoms with Crippen molar-refractivity contribution in [3.63, 3.8) is 0 Å². The standard InChI is InChI=1S/C15H18F6O3.C10H12F6O3.C9H10F6O3/c1-7(2)12(22)24-11-5-8-3-9(11)4-10(8)6-13(23,14(16,17)18)15(19,20)21;1-5(2)7(17)19-6(3)4-8(18,9(11,12)13)10(14,15)16;1-3-6(16)18-5(2)4-7(17,8(10,11)12)9(13,14)15/h8-11,23H,1,3-6H2,2H3;6,18H,1,4H2,2-3H3;3,5,17H,1,4H2,2H3. The van der Waals surface area contributed by atoms with Crippen LogP contribution in [0.2, 0.25) is 0 Å². The highest BCUT2D eigenvalue weighted by molar-refractivity contribution is 5.87. The molecule has 27 heteroatoms. The molecule has 3 N–H and O–H groups in total. The van der Waals surface area contributed by atoms with Crippen LogP contribution in [-0.2, 0) is 28.6 Å². The summed E-state index contributed by atoms with van der Waals surface area (Å²) < 4.78 is 238. The van der Waals surface area contributed by atoms with Crippen molar-refractivity contribution in [2.75, 3.05) is 0 Å². The number of aliphatic hydroxyl groups is 3. The molecule has 0 aromatic heterocycles. The molecular formula is C34H40F18O9. The third-order valence-corrected chi connectivity index (χ3v) is 9.22. The molecule has 2 aliphatic rings. The minimum atomic E-state index is -5.94. The predicted molar refractivity (Wildman–Crippen MR) is 170 cm³/mol. The second-order valence-electron chi connectivity index (χ2n) is 14.3. The number of alkyl halides is 18. The van der Waals surface area contributed by atoms with Gasteiger partial charge in [0.2, 0.25) is 0 Å². The zero-order valence-corrected chi connectivity index (χ0v) is 32.0. The number of carbonyl (C=O) groups excluding carboxylic acids is 3. The summed E-state index contributed by atoms with van der Waals surface area (Å²) in [7, 11) is 0. The maximum Gasteiger partial charge on any atom is 0.426 e. The van der Waals surface area contributed by atoms with Crippen molar-refractivity contribution < 1.29 is 123 Å². The number of hydrogen-bond acceptors (Lipinski definition) is 9. The lowest BCUT2D eigenvalue weighted by molar-refractivity contribution is -0.374. The fourth-order valence-corrected chi connectivity index (χ4v) is 5.98. The van der Waals surface area contributed by atoms with E-state index in [0.29, 0.717) is 12.5 Å². The summed E-state index contributed by atoms with van der Waals surface area (Å²) in [5.41, 5.74) is -14.6. The minimum Gasteiger partial charge on any atom is -0.459 e. The van der Waals surface area contributed by atoms with E-state index >= 15 is 0 Å². The molecule has 0 spiro atoms. The van der Waals surface area contributed by atoms with Crippen LogP contribution in [-0.4, -0.2) is 105 Å². The van der Waals surface area contributed by atoms with Crippen molar-refractivity contribution in [3.8, 4) is 0 Å². The van der Waals surface area contributed by atoms with E-state index in [9.17, 15) is 98.5 Å². The Bertz CT molecular complexity index is 1520. The summed E-state index contributed by atoms with van der Waals surface area (Å²) in [6, 6.07) is 0. The predicted octanol–water partition coefficient (Wildman–Crippen LogP) is 8.86. The fraction of sp³-hybridized carbons (Fsp3) is 0.735. The number of carbonyl (C=O) groups is 3. The first-order chi connectivity index (χ1) is 26.8. The Balaban J connectivity index is 0.000000900. The van der Waals surface area contributed by atoms with Gasteiger partial charge in [-0.05, 0) is 71.1 Å². The average Bonchev–Trinajstić information content (AvgIpc) is 3.61. The first-order valence-corrected chi connectivity index (χ1v) is 17.0. The SMILES string of the molecule is C=C(C)C(=O)OC(C)CC(O)(C(F)(F)F)C(F)(F)F.C=C(C)C(=O)OC1CC2CC1CC2CC(O)(C(F)(F)F)C(F)(F)F.C=CC(=O)OC(C)CC(O)(C(F)(F)F)C(F)(F)F. The smallest absolute Gasteiger partial charge is 0.426 e. The maximum atomic E-state index is 12.8. The summed E-state index contributed by atoms with van der Waals surface area (Å²) in [6.45, 7) is 13.7. The second kappa shape index (κ2) is 19.7. The van der Waals surface area contributed by atoms with Crippen LogP contribution < -0.4 is 0 Å². The number of ether oxygens (including phenoxy) is 3. The van der Waals surface area contributed by atoms with Gasteiger partial charge in [-0.15, -0.1) is 0 Å². The number of fused-ring (bicyclic) bond motifs is 2. The molecule has 0 heterocycles. The monoisotopic (exact) mass is 934 g/mol. The van der Waals surface area contributed by atoms with Crippen LogP contribution in [0.3, 0.4) is 0 Å². The largest absolute Gasteiger partial charge is 0.459 e. The molecule has 0 aliphatic heterocycles. The Labute approximate surface area is 334 Å². The Kier molecular flexibility index (Phi) is 18.5. The number of hydrogen-bond donors (Lipinski definition) is 3. The molecule has 0 saturated heterocycles. The van der Waals surface area contributed by atoms with E-state index in [1.54, 1.807) is 0 Å². The van der Waals surface area contributed by atoms with E-state index in [1.807, 2.05) is 0 Å². The molecule has 0 aromatic carbocycles. The lowest BCUT2D eigenvalue weighted by Crippen LogP contribution is -2.58. The zero-order valence-electron chi connectivity index (χ0n) is 32.0. The van der Waals surface area contributed by atoms with Gasteiger partial charge >= 0.3 is 55.0 Å². The van der Waals surface area contributed by atoms with Gasteiger partial charge in [-0.3, -0.25) is 0 Å².